The molecule has 2 saturated carbocycles. The SMILES string of the molecule is Cc1ccc([C@H]2CC[C@H](C3CC[CH]CC3)CC2)cc1. The quantitative estimate of drug-likeness (QED) is 0.639. The molecule has 19 heavy (non-hydrogen) atoms. The van der Waals surface area contributed by atoms with Crippen LogP contribution in [-0.4, -0.2) is 0 Å². The van der Waals surface area contributed by atoms with Crippen molar-refractivity contribution in [3.8, 4) is 0 Å². The van der Waals surface area contributed by atoms with Crippen LogP contribution in [0.5, 0.6) is 0 Å². The molecular formula is C19H27. The first kappa shape index (κ1) is 13.2. The van der Waals surface area contributed by atoms with E-state index in [9.17, 15) is 0 Å². The summed E-state index contributed by atoms with van der Waals surface area (Å²) in [6.45, 7) is 2.18. The van der Waals surface area contributed by atoms with Crippen LogP contribution in [0.25, 0.3) is 0 Å². The first-order valence-corrected chi connectivity index (χ1v) is 8.21. The van der Waals surface area contributed by atoms with Gasteiger partial charge < -0.3 is 0 Å². The van der Waals surface area contributed by atoms with Crippen molar-refractivity contribution in [2.24, 2.45) is 11.8 Å². The predicted molar refractivity (Wildman–Crippen MR) is 82.1 cm³/mol. The summed E-state index contributed by atoms with van der Waals surface area (Å²) < 4.78 is 0. The summed E-state index contributed by atoms with van der Waals surface area (Å²) in [5, 5.41) is 0. The number of aryl methyl sites for hydroxylation is 1. The minimum Gasteiger partial charge on any atom is -0.0590 e. The summed E-state index contributed by atoms with van der Waals surface area (Å²) in [7, 11) is 0. The highest BCUT2D eigenvalue weighted by atomic mass is 14.3. The maximum atomic E-state index is 2.49. The van der Waals surface area contributed by atoms with E-state index in [1.54, 1.807) is 5.56 Å². The average Bonchev–Trinajstić information content (AvgIpc) is 2.49. The standard InChI is InChI=1S/C19H27/c1-15-7-9-17(10-8-15)19-13-11-18(12-14-19)16-5-3-2-4-6-16/h2,7-10,16,18-19H,3-6,11-14H2,1H3/t18-,19-. The monoisotopic (exact) mass is 255 g/mol. The fraction of sp³-hybridized carbons (Fsp3) is 0.632. The third-order valence-corrected chi connectivity index (χ3v) is 5.47. The summed E-state index contributed by atoms with van der Waals surface area (Å²) in [4.78, 5) is 0. The van der Waals surface area contributed by atoms with E-state index in [4.69, 9.17) is 0 Å². The predicted octanol–water partition coefficient (Wildman–Crippen LogP) is 5.66. The minimum absolute atomic E-state index is 0.840. The molecule has 0 heteroatoms. The molecule has 0 N–H and O–H groups in total. The van der Waals surface area contributed by atoms with E-state index in [0.29, 0.717) is 0 Å². The van der Waals surface area contributed by atoms with Gasteiger partial charge in [-0.1, -0.05) is 29.8 Å². The molecule has 0 bridgehead atoms. The van der Waals surface area contributed by atoms with Crippen LogP contribution in [0.1, 0.15) is 68.4 Å². The molecule has 0 saturated heterocycles. The Hall–Kier alpha value is -0.780. The Morgan fingerprint density at radius 1 is 0.737 bits per heavy atom. The van der Waals surface area contributed by atoms with E-state index in [0.717, 1.165) is 17.8 Å². The van der Waals surface area contributed by atoms with Gasteiger partial charge in [-0.05, 0) is 88.0 Å². The van der Waals surface area contributed by atoms with Gasteiger partial charge in [-0.3, -0.25) is 0 Å². The number of hydrogen-bond donors (Lipinski definition) is 0. The lowest BCUT2D eigenvalue weighted by Crippen LogP contribution is -2.23. The van der Waals surface area contributed by atoms with Crippen molar-refractivity contribution in [3.63, 3.8) is 0 Å². The van der Waals surface area contributed by atoms with Crippen LogP contribution in [0.4, 0.5) is 0 Å². The van der Waals surface area contributed by atoms with Crippen LogP contribution in [-0.2, 0) is 0 Å². The number of hydrogen-bond acceptors (Lipinski definition) is 0. The Morgan fingerprint density at radius 2 is 1.32 bits per heavy atom. The summed E-state index contributed by atoms with van der Waals surface area (Å²) in [6.07, 6.45) is 14.0. The molecule has 0 amide bonds. The zero-order valence-corrected chi connectivity index (χ0v) is 12.3. The molecule has 2 aliphatic carbocycles. The van der Waals surface area contributed by atoms with E-state index < -0.39 is 0 Å². The first-order valence-electron chi connectivity index (χ1n) is 8.21. The third-order valence-electron chi connectivity index (χ3n) is 5.47. The van der Waals surface area contributed by atoms with E-state index in [2.05, 4.69) is 37.6 Å². The van der Waals surface area contributed by atoms with Crippen molar-refractivity contribution in [1.29, 1.82) is 0 Å². The van der Waals surface area contributed by atoms with Gasteiger partial charge in [0.1, 0.15) is 0 Å². The van der Waals surface area contributed by atoms with Crippen LogP contribution in [0, 0.1) is 25.2 Å². The van der Waals surface area contributed by atoms with Crippen molar-refractivity contribution in [2.75, 3.05) is 0 Å². The highest BCUT2D eigenvalue weighted by molar-refractivity contribution is 5.24. The van der Waals surface area contributed by atoms with Crippen LogP contribution < -0.4 is 0 Å². The van der Waals surface area contributed by atoms with Crippen LogP contribution in [0.2, 0.25) is 0 Å². The fourth-order valence-corrected chi connectivity index (χ4v) is 4.19. The Morgan fingerprint density at radius 3 is 1.95 bits per heavy atom. The van der Waals surface area contributed by atoms with Gasteiger partial charge in [0.15, 0.2) is 0 Å². The second kappa shape index (κ2) is 6.11. The first-order chi connectivity index (χ1) is 9.33. The molecule has 0 aliphatic heterocycles. The van der Waals surface area contributed by atoms with Gasteiger partial charge in [-0.15, -0.1) is 0 Å². The molecular weight excluding hydrogens is 228 g/mol. The van der Waals surface area contributed by atoms with E-state index in [1.165, 1.54) is 56.9 Å². The van der Waals surface area contributed by atoms with Crippen LogP contribution >= 0.6 is 0 Å². The van der Waals surface area contributed by atoms with Crippen molar-refractivity contribution in [2.45, 2.75) is 64.2 Å². The Labute approximate surface area is 118 Å². The zero-order chi connectivity index (χ0) is 13.1. The second-order valence-electron chi connectivity index (χ2n) is 6.73. The maximum Gasteiger partial charge on any atom is -0.0162 e. The molecule has 0 nitrogen and oxygen atoms in total. The molecule has 0 heterocycles. The highest BCUT2D eigenvalue weighted by Crippen LogP contribution is 2.42. The molecule has 103 valence electrons. The normalized spacial score (nSPS) is 29.3. The van der Waals surface area contributed by atoms with Gasteiger partial charge in [-0.2, -0.15) is 0 Å². The van der Waals surface area contributed by atoms with Gasteiger partial charge in [0.2, 0.25) is 0 Å². The number of rotatable bonds is 2. The van der Waals surface area contributed by atoms with Gasteiger partial charge in [0.05, 0.1) is 0 Å². The Balaban J connectivity index is 1.55. The number of benzene rings is 1. The lowest BCUT2D eigenvalue weighted by atomic mass is 9.70. The Kier molecular flexibility index (Phi) is 4.25. The van der Waals surface area contributed by atoms with Gasteiger partial charge in [0, 0.05) is 0 Å². The molecule has 1 aromatic rings. The third kappa shape index (κ3) is 3.22. The molecule has 2 fully saturated rings. The smallest absolute Gasteiger partial charge is 0.0162 e. The Bertz CT molecular complexity index is 375. The van der Waals surface area contributed by atoms with Crippen molar-refractivity contribution >= 4 is 0 Å². The average molecular weight is 255 g/mol. The molecule has 0 aromatic heterocycles. The van der Waals surface area contributed by atoms with E-state index >= 15 is 0 Å². The van der Waals surface area contributed by atoms with Gasteiger partial charge >= 0.3 is 0 Å². The molecule has 3 rings (SSSR count). The second-order valence-corrected chi connectivity index (χ2v) is 6.73. The summed E-state index contributed by atoms with van der Waals surface area (Å²) in [6, 6.07) is 9.27. The van der Waals surface area contributed by atoms with Gasteiger partial charge in [0.25, 0.3) is 0 Å². The molecule has 0 unspecified atom stereocenters. The topological polar surface area (TPSA) is 0 Å². The van der Waals surface area contributed by atoms with Crippen molar-refractivity contribution in [3.05, 3.63) is 41.8 Å². The lowest BCUT2D eigenvalue weighted by molar-refractivity contribution is 0.199. The lowest BCUT2D eigenvalue weighted by Gasteiger charge is -2.36. The van der Waals surface area contributed by atoms with Crippen LogP contribution in [0.3, 0.4) is 0 Å². The minimum atomic E-state index is 0.840. The molecule has 2 aliphatic rings. The van der Waals surface area contributed by atoms with E-state index in [1.807, 2.05) is 0 Å². The van der Waals surface area contributed by atoms with E-state index in [-0.39, 0.29) is 0 Å². The van der Waals surface area contributed by atoms with Crippen molar-refractivity contribution in [1.82, 2.24) is 0 Å². The van der Waals surface area contributed by atoms with Crippen molar-refractivity contribution < 1.29 is 0 Å². The summed E-state index contributed by atoms with van der Waals surface area (Å²) >= 11 is 0. The zero-order valence-electron chi connectivity index (χ0n) is 12.3. The summed E-state index contributed by atoms with van der Waals surface area (Å²) in [5.74, 6) is 2.92. The molecule has 0 spiro atoms. The summed E-state index contributed by atoms with van der Waals surface area (Å²) in [5.41, 5.74) is 2.97. The van der Waals surface area contributed by atoms with Gasteiger partial charge in [-0.25, -0.2) is 0 Å². The largest absolute Gasteiger partial charge is 0.0590 e. The maximum absolute atomic E-state index is 2.49. The molecule has 1 aromatic carbocycles. The highest BCUT2D eigenvalue weighted by Gasteiger charge is 2.28. The van der Waals surface area contributed by atoms with Crippen LogP contribution in [0.15, 0.2) is 24.3 Å². The fourth-order valence-electron chi connectivity index (χ4n) is 4.19. The molecule has 1 radical (unpaired) electrons. The molecule has 0 atom stereocenters.